The van der Waals surface area contributed by atoms with Crippen molar-refractivity contribution in [2.45, 2.75) is 57.8 Å². The van der Waals surface area contributed by atoms with Crippen molar-refractivity contribution in [3.05, 3.63) is 189 Å². The van der Waals surface area contributed by atoms with Gasteiger partial charge >= 0.3 is 0 Å². The van der Waals surface area contributed by atoms with Gasteiger partial charge in [0.2, 0.25) is 0 Å². The molecule has 240 valence electrons. The minimum atomic E-state index is -0.762. The molecule has 0 radical (unpaired) electrons. The van der Waals surface area contributed by atoms with Crippen LogP contribution in [-0.2, 0) is 16.2 Å². The number of benzene rings is 6. The second kappa shape index (κ2) is 10.8. The molecule has 0 saturated heterocycles. The molecule has 0 atom stereocenters. The van der Waals surface area contributed by atoms with Crippen molar-refractivity contribution in [2.24, 2.45) is 0 Å². The maximum Gasteiger partial charge on any atom is 0.194 e. The molecule has 0 fully saturated rings. The normalized spacial score (nSPS) is 13.8. The molecule has 6 aromatic carbocycles. The Kier molecular flexibility index (Phi) is 6.85. The molecule has 0 amide bonds. The summed E-state index contributed by atoms with van der Waals surface area (Å²) in [6.45, 7) is 13.0. The standard InChI is InChI=1S/C47H40O2/c1-45(2,3)31-23-19-29(20-24-31)43(48)37-28-27-36-35-15-9-12-18-40(35)47(38-16-10-7-13-33(38)34-14-8-11-17-39(34)47)42(36)41(37)44(49)30-21-25-32(26-22-30)46(4,5)6/h7-28H,1-6H3. The van der Waals surface area contributed by atoms with Crippen molar-refractivity contribution in [1.82, 2.24) is 0 Å². The summed E-state index contributed by atoms with van der Waals surface area (Å²) in [6, 6.07) is 45.4. The maximum atomic E-state index is 15.3. The zero-order valence-electron chi connectivity index (χ0n) is 29.0. The van der Waals surface area contributed by atoms with E-state index in [4.69, 9.17) is 0 Å². The van der Waals surface area contributed by atoms with Crippen LogP contribution >= 0.6 is 0 Å². The van der Waals surface area contributed by atoms with Crippen LogP contribution in [-0.4, -0.2) is 11.6 Å². The lowest BCUT2D eigenvalue weighted by molar-refractivity contribution is 0.100. The fraction of sp³-hybridized carbons (Fsp3) is 0.191. The first kappa shape index (κ1) is 31.0. The minimum Gasteiger partial charge on any atom is -0.289 e. The highest BCUT2D eigenvalue weighted by atomic mass is 16.1. The van der Waals surface area contributed by atoms with Crippen LogP contribution in [0.5, 0.6) is 0 Å². The molecule has 0 saturated carbocycles. The largest absolute Gasteiger partial charge is 0.289 e. The molecule has 49 heavy (non-hydrogen) atoms. The zero-order valence-corrected chi connectivity index (χ0v) is 29.0. The Balaban J connectivity index is 1.45. The monoisotopic (exact) mass is 636 g/mol. The summed E-state index contributed by atoms with van der Waals surface area (Å²) in [6.07, 6.45) is 0. The third kappa shape index (κ3) is 4.54. The van der Waals surface area contributed by atoms with Crippen LogP contribution in [0.4, 0.5) is 0 Å². The second-order valence-electron chi connectivity index (χ2n) is 15.6. The molecule has 2 aliphatic rings. The molecule has 1 spiro atoms. The summed E-state index contributed by atoms with van der Waals surface area (Å²) >= 11 is 0. The third-order valence-electron chi connectivity index (χ3n) is 10.7. The minimum absolute atomic E-state index is 0.0447. The first-order valence-corrected chi connectivity index (χ1v) is 17.2. The van der Waals surface area contributed by atoms with Crippen molar-refractivity contribution in [3.8, 4) is 22.3 Å². The predicted octanol–water partition coefficient (Wildman–Crippen LogP) is 11.1. The van der Waals surface area contributed by atoms with E-state index in [9.17, 15) is 4.79 Å². The van der Waals surface area contributed by atoms with E-state index in [1.165, 1.54) is 0 Å². The lowest BCUT2D eigenvalue weighted by Gasteiger charge is -2.32. The highest BCUT2D eigenvalue weighted by molar-refractivity contribution is 6.22. The van der Waals surface area contributed by atoms with E-state index in [0.717, 1.165) is 55.6 Å². The van der Waals surface area contributed by atoms with E-state index >= 15 is 4.79 Å². The first-order valence-electron chi connectivity index (χ1n) is 17.2. The zero-order chi connectivity index (χ0) is 34.3. The smallest absolute Gasteiger partial charge is 0.194 e. The van der Waals surface area contributed by atoms with Crippen LogP contribution in [0, 0.1) is 0 Å². The number of fused-ring (bicyclic) bond motifs is 10. The van der Waals surface area contributed by atoms with E-state index in [2.05, 4.69) is 120 Å². The number of hydrogen-bond donors (Lipinski definition) is 0. The number of carbonyl (C=O) groups excluding carboxylic acids is 2. The van der Waals surface area contributed by atoms with Gasteiger partial charge in [0.25, 0.3) is 0 Å². The van der Waals surface area contributed by atoms with Crippen LogP contribution in [0.1, 0.15) is 107 Å². The average Bonchev–Trinajstić information content (AvgIpc) is 3.57. The van der Waals surface area contributed by atoms with Gasteiger partial charge in [-0.25, -0.2) is 0 Å². The number of carbonyl (C=O) groups is 2. The third-order valence-corrected chi connectivity index (χ3v) is 10.7. The summed E-state index contributed by atoms with van der Waals surface area (Å²) in [5.74, 6) is -0.287. The topological polar surface area (TPSA) is 34.1 Å². The fourth-order valence-corrected chi connectivity index (χ4v) is 8.16. The maximum absolute atomic E-state index is 15.3. The fourth-order valence-electron chi connectivity index (χ4n) is 8.16. The molecule has 8 rings (SSSR count). The Morgan fingerprint density at radius 3 is 1.24 bits per heavy atom. The molecular weight excluding hydrogens is 597 g/mol. The summed E-state index contributed by atoms with van der Waals surface area (Å²) in [4.78, 5) is 30.0. The van der Waals surface area contributed by atoms with Crippen LogP contribution in [0.3, 0.4) is 0 Å². The van der Waals surface area contributed by atoms with E-state index in [-0.39, 0.29) is 22.4 Å². The molecule has 0 heterocycles. The highest BCUT2D eigenvalue weighted by Gasteiger charge is 2.53. The van der Waals surface area contributed by atoms with Crippen molar-refractivity contribution in [2.75, 3.05) is 0 Å². The quantitative estimate of drug-likeness (QED) is 0.180. The highest BCUT2D eigenvalue weighted by Crippen LogP contribution is 2.63. The van der Waals surface area contributed by atoms with Crippen molar-refractivity contribution >= 4 is 11.6 Å². The van der Waals surface area contributed by atoms with Gasteiger partial charge in [0.15, 0.2) is 11.6 Å². The van der Waals surface area contributed by atoms with Gasteiger partial charge in [-0.15, -0.1) is 0 Å². The van der Waals surface area contributed by atoms with E-state index in [1.54, 1.807) is 0 Å². The molecule has 2 heteroatoms. The van der Waals surface area contributed by atoms with Gasteiger partial charge in [-0.05, 0) is 72.5 Å². The molecule has 0 aliphatic heterocycles. The van der Waals surface area contributed by atoms with Crippen molar-refractivity contribution in [3.63, 3.8) is 0 Å². The Bertz CT molecular complexity index is 2240. The number of hydrogen-bond acceptors (Lipinski definition) is 2. The lowest BCUT2D eigenvalue weighted by atomic mass is 9.68. The molecule has 2 aliphatic carbocycles. The molecule has 0 bridgehead atoms. The lowest BCUT2D eigenvalue weighted by Crippen LogP contribution is -2.29. The van der Waals surface area contributed by atoms with Gasteiger partial charge in [-0.2, -0.15) is 0 Å². The Morgan fingerprint density at radius 2 is 0.816 bits per heavy atom. The predicted molar refractivity (Wildman–Crippen MR) is 200 cm³/mol. The number of ketones is 2. The van der Waals surface area contributed by atoms with Crippen molar-refractivity contribution < 1.29 is 9.59 Å². The van der Waals surface area contributed by atoms with E-state index in [0.29, 0.717) is 22.3 Å². The van der Waals surface area contributed by atoms with Crippen LogP contribution in [0.2, 0.25) is 0 Å². The average molecular weight is 637 g/mol. The molecule has 0 unspecified atom stereocenters. The first-order chi connectivity index (χ1) is 23.4. The molecular formula is C47H40O2. The SMILES string of the molecule is CC(C)(C)c1ccc(C(=O)c2ccc3c(c2C(=O)c2ccc(C(C)(C)C)cc2)C2(c4ccccc4-c4ccccc42)c2ccccc2-3)cc1. The Hall–Kier alpha value is -5.34. The molecule has 0 aromatic heterocycles. The number of rotatable bonds is 4. The van der Waals surface area contributed by atoms with Crippen molar-refractivity contribution in [1.29, 1.82) is 0 Å². The molecule has 0 N–H and O–H groups in total. The Labute approximate surface area is 289 Å². The van der Waals surface area contributed by atoms with Gasteiger partial charge in [-0.1, -0.05) is 169 Å². The van der Waals surface area contributed by atoms with Crippen LogP contribution in [0.25, 0.3) is 22.3 Å². The van der Waals surface area contributed by atoms with E-state index in [1.807, 2.05) is 54.6 Å². The second-order valence-corrected chi connectivity index (χ2v) is 15.6. The van der Waals surface area contributed by atoms with Gasteiger partial charge in [0, 0.05) is 22.3 Å². The van der Waals surface area contributed by atoms with E-state index < -0.39 is 5.41 Å². The van der Waals surface area contributed by atoms with Gasteiger partial charge in [-0.3, -0.25) is 9.59 Å². The summed E-state index contributed by atoms with van der Waals surface area (Å²) in [5, 5.41) is 0. The van der Waals surface area contributed by atoms with Crippen LogP contribution < -0.4 is 0 Å². The summed E-state index contributed by atoms with van der Waals surface area (Å²) in [5.41, 5.74) is 12.2. The summed E-state index contributed by atoms with van der Waals surface area (Å²) < 4.78 is 0. The van der Waals surface area contributed by atoms with Gasteiger partial charge in [0.1, 0.15) is 0 Å². The van der Waals surface area contributed by atoms with Gasteiger partial charge in [0.05, 0.1) is 5.41 Å². The van der Waals surface area contributed by atoms with Crippen LogP contribution in [0.15, 0.2) is 133 Å². The Morgan fingerprint density at radius 1 is 0.429 bits per heavy atom. The van der Waals surface area contributed by atoms with Gasteiger partial charge < -0.3 is 0 Å². The molecule has 6 aromatic rings. The summed E-state index contributed by atoms with van der Waals surface area (Å²) in [7, 11) is 0. The molecule has 2 nitrogen and oxygen atoms in total.